The van der Waals surface area contributed by atoms with Crippen LogP contribution in [0.5, 0.6) is 0 Å². The number of aryl methyl sites for hydroxylation is 2. The zero-order valence-corrected chi connectivity index (χ0v) is 14.5. The maximum atomic E-state index is 13.0. The van der Waals surface area contributed by atoms with Crippen molar-refractivity contribution >= 4 is 5.91 Å². The minimum absolute atomic E-state index is 0.0717. The molecule has 1 fully saturated rings. The normalized spacial score (nSPS) is 18.4. The van der Waals surface area contributed by atoms with Crippen LogP contribution in [0.3, 0.4) is 0 Å². The number of hydrogen-bond donors (Lipinski definition) is 0. The molecule has 0 bridgehead atoms. The van der Waals surface area contributed by atoms with Crippen LogP contribution in [0.4, 0.5) is 0 Å². The van der Waals surface area contributed by atoms with E-state index in [1.54, 1.807) is 15.8 Å². The summed E-state index contributed by atoms with van der Waals surface area (Å²) in [6, 6.07) is -0.365. The van der Waals surface area contributed by atoms with Gasteiger partial charge in [-0.1, -0.05) is 20.8 Å². The standard InChI is InChI=1S/C16H23N5O3/c1-5-12-11(8-20(4)19-12)16(22)21-6-7-23-9-13(21)15-18-17-14(24-15)10(2)3/h8,10,13H,5-7,9H2,1-4H3. The highest BCUT2D eigenvalue weighted by molar-refractivity contribution is 5.95. The van der Waals surface area contributed by atoms with Gasteiger partial charge in [-0.25, -0.2) is 0 Å². The summed E-state index contributed by atoms with van der Waals surface area (Å²) >= 11 is 0. The summed E-state index contributed by atoms with van der Waals surface area (Å²) in [4.78, 5) is 14.8. The zero-order chi connectivity index (χ0) is 17.3. The Kier molecular flexibility index (Phi) is 4.66. The van der Waals surface area contributed by atoms with Crippen LogP contribution in [0.25, 0.3) is 0 Å². The van der Waals surface area contributed by atoms with Gasteiger partial charge in [0.15, 0.2) is 0 Å². The van der Waals surface area contributed by atoms with Gasteiger partial charge in [-0.05, 0) is 6.42 Å². The Hall–Kier alpha value is -2.22. The van der Waals surface area contributed by atoms with Gasteiger partial charge in [0.1, 0.15) is 6.04 Å². The van der Waals surface area contributed by atoms with Gasteiger partial charge in [-0.3, -0.25) is 9.48 Å². The van der Waals surface area contributed by atoms with Crippen molar-refractivity contribution in [3.8, 4) is 0 Å². The van der Waals surface area contributed by atoms with Crippen LogP contribution in [-0.4, -0.2) is 50.5 Å². The molecule has 2 aromatic heterocycles. The molecule has 1 aliphatic rings. The van der Waals surface area contributed by atoms with Gasteiger partial charge in [0.2, 0.25) is 11.8 Å². The van der Waals surface area contributed by atoms with E-state index >= 15 is 0 Å². The first-order chi connectivity index (χ1) is 11.5. The topological polar surface area (TPSA) is 86.3 Å². The van der Waals surface area contributed by atoms with Crippen molar-refractivity contribution in [2.75, 3.05) is 19.8 Å². The second kappa shape index (κ2) is 6.72. The summed E-state index contributed by atoms with van der Waals surface area (Å²) in [5.74, 6) is 1.06. The quantitative estimate of drug-likeness (QED) is 0.846. The fourth-order valence-electron chi connectivity index (χ4n) is 2.79. The molecule has 8 heteroatoms. The lowest BCUT2D eigenvalue weighted by molar-refractivity contribution is -0.0108. The summed E-state index contributed by atoms with van der Waals surface area (Å²) in [5.41, 5.74) is 1.41. The Morgan fingerprint density at radius 3 is 2.88 bits per heavy atom. The lowest BCUT2D eigenvalue weighted by Gasteiger charge is -2.33. The summed E-state index contributed by atoms with van der Waals surface area (Å²) in [6.07, 6.45) is 2.47. The molecule has 0 aliphatic carbocycles. The van der Waals surface area contributed by atoms with Crippen LogP contribution in [0.1, 0.15) is 60.6 Å². The Morgan fingerprint density at radius 2 is 2.21 bits per heavy atom. The first-order valence-corrected chi connectivity index (χ1v) is 8.25. The number of amides is 1. The van der Waals surface area contributed by atoms with Crippen molar-refractivity contribution in [2.45, 2.75) is 39.2 Å². The van der Waals surface area contributed by atoms with E-state index in [0.29, 0.717) is 43.5 Å². The highest BCUT2D eigenvalue weighted by Crippen LogP contribution is 2.27. The zero-order valence-electron chi connectivity index (χ0n) is 14.5. The fourth-order valence-corrected chi connectivity index (χ4v) is 2.79. The third kappa shape index (κ3) is 3.06. The highest BCUT2D eigenvalue weighted by atomic mass is 16.5. The van der Waals surface area contributed by atoms with Crippen molar-refractivity contribution in [3.63, 3.8) is 0 Å². The van der Waals surface area contributed by atoms with Crippen molar-refractivity contribution < 1.29 is 13.9 Å². The minimum atomic E-state index is -0.365. The number of morpholine rings is 1. The second-order valence-corrected chi connectivity index (χ2v) is 6.24. The lowest BCUT2D eigenvalue weighted by atomic mass is 10.1. The largest absolute Gasteiger partial charge is 0.423 e. The van der Waals surface area contributed by atoms with Gasteiger partial charge in [0, 0.05) is 25.7 Å². The molecule has 8 nitrogen and oxygen atoms in total. The molecule has 1 unspecified atom stereocenters. The van der Waals surface area contributed by atoms with E-state index < -0.39 is 0 Å². The molecule has 1 aliphatic heterocycles. The minimum Gasteiger partial charge on any atom is -0.423 e. The molecule has 0 saturated carbocycles. The Labute approximate surface area is 140 Å². The van der Waals surface area contributed by atoms with Crippen LogP contribution in [0, 0.1) is 0 Å². The van der Waals surface area contributed by atoms with E-state index in [9.17, 15) is 4.79 Å². The van der Waals surface area contributed by atoms with Crippen LogP contribution >= 0.6 is 0 Å². The van der Waals surface area contributed by atoms with Crippen LogP contribution in [-0.2, 0) is 18.2 Å². The first kappa shape index (κ1) is 16.6. The van der Waals surface area contributed by atoms with Gasteiger partial charge in [0.25, 0.3) is 5.91 Å². The number of ether oxygens (including phenoxy) is 1. The van der Waals surface area contributed by atoms with E-state index in [-0.39, 0.29) is 17.9 Å². The number of nitrogens with zero attached hydrogens (tertiary/aromatic N) is 5. The van der Waals surface area contributed by atoms with Gasteiger partial charge >= 0.3 is 0 Å². The van der Waals surface area contributed by atoms with E-state index in [1.807, 2.05) is 27.8 Å². The molecular weight excluding hydrogens is 310 g/mol. The number of carbonyl (C=O) groups excluding carboxylic acids is 1. The molecule has 0 aromatic carbocycles. The number of carbonyl (C=O) groups is 1. The predicted molar refractivity (Wildman–Crippen MR) is 85.6 cm³/mol. The maximum Gasteiger partial charge on any atom is 0.258 e. The molecule has 1 amide bonds. The molecule has 2 aromatic rings. The first-order valence-electron chi connectivity index (χ1n) is 8.25. The molecule has 130 valence electrons. The fraction of sp³-hybridized carbons (Fsp3) is 0.625. The molecule has 1 saturated heterocycles. The summed E-state index contributed by atoms with van der Waals surface area (Å²) < 4.78 is 13.0. The molecule has 3 rings (SSSR count). The number of rotatable bonds is 4. The molecule has 0 N–H and O–H groups in total. The molecule has 1 atom stereocenters. The SMILES string of the molecule is CCc1nn(C)cc1C(=O)N1CCOCC1c1nnc(C(C)C)o1. The Balaban J connectivity index is 1.89. The van der Waals surface area contributed by atoms with Crippen LogP contribution in [0.2, 0.25) is 0 Å². The molecule has 24 heavy (non-hydrogen) atoms. The predicted octanol–water partition coefficient (Wildman–Crippen LogP) is 1.70. The smallest absolute Gasteiger partial charge is 0.258 e. The van der Waals surface area contributed by atoms with Crippen molar-refractivity contribution in [1.82, 2.24) is 24.9 Å². The van der Waals surface area contributed by atoms with Crippen molar-refractivity contribution in [1.29, 1.82) is 0 Å². The molecular formula is C16H23N5O3. The summed E-state index contributed by atoms with van der Waals surface area (Å²) in [7, 11) is 1.82. The third-order valence-electron chi connectivity index (χ3n) is 4.10. The van der Waals surface area contributed by atoms with Crippen molar-refractivity contribution in [3.05, 3.63) is 29.2 Å². The van der Waals surface area contributed by atoms with E-state index in [4.69, 9.17) is 9.15 Å². The molecule has 0 radical (unpaired) electrons. The van der Waals surface area contributed by atoms with E-state index in [0.717, 1.165) is 5.69 Å². The summed E-state index contributed by atoms with van der Waals surface area (Å²) in [5, 5.41) is 12.5. The van der Waals surface area contributed by atoms with Gasteiger partial charge < -0.3 is 14.1 Å². The highest BCUT2D eigenvalue weighted by Gasteiger charge is 2.34. The average Bonchev–Trinajstić information content (AvgIpc) is 3.20. The van der Waals surface area contributed by atoms with Gasteiger partial charge in [0.05, 0.1) is 24.5 Å². The Morgan fingerprint density at radius 1 is 1.42 bits per heavy atom. The van der Waals surface area contributed by atoms with Gasteiger partial charge in [-0.2, -0.15) is 5.10 Å². The maximum absolute atomic E-state index is 13.0. The van der Waals surface area contributed by atoms with E-state index in [1.165, 1.54) is 0 Å². The number of aromatic nitrogens is 4. The van der Waals surface area contributed by atoms with E-state index in [2.05, 4.69) is 15.3 Å². The van der Waals surface area contributed by atoms with Crippen molar-refractivity contribution in [2.24, 2.45) is 7.05 Å². The average molecular weight is 333 g/mol. The number of hydrogen-bond acceptors (Lipinski definition) is 6. The third-order valence-corrected chi connectivity index (χ3v) is 4.10. The molecule has 3 heterocycles. The monoisotopic (exact) mass is 333 g/mol. The van der Waals surface area contributed by atoms with Crippen LogP contribution < -0.4 is 0 Å². The lowest BCUT2D eigenvalue weighted by Crippen LogP contribution is -2.43. The second-order valence-electron chi connectivity index (χ2n) is 6.24. The summed E-state index contributed by atoms with van der Waals surface area (Å²) in [6.45, 7) is 7.30. The Bertz CT molecular complexity index is 721. The van der Waals surface area contributed by atoms with Gasteiger partial charge in [-0.15, -0.1) is 10.2 Å². The molecule has 0 spiro atoms. The van der Waals surface area contributed by atoms with Crippen LogP contribution in [0.15, 0.2) is 10.6 Å².